The molecule has 1 amide bonds. The highest BCUT2D eigenvalue weighted by atomic mass is 19.1. The van der Waals surface area contributed by atoms with Crippen molar-refractivity contribution >= 4 is 18.0 Å². The largest absolute Gasteiger partial charge is 0.444 e. The lowest BCUT2D eigenvalue weighted by molar-refractivity contribution is 0.0138. The molecule has 192 valence electrons. The number of carbonyl (C=O) groups is 2. The van der Waals surface area contributed by atoms with Gasteiger partial charge in [-0.25, -0.2) is 13.9 Å². The predicted molar refractivity (Wildman–Crippen MR) is 138 cm³/mol. The Bertz CT molecular complexity index is 1390. The smallest absolute Gasteiger partial charge is 0.410 e. The molecule has 7 nitrogen and oxygen atoms in total. The molecular weight excluding hydrogens is 471 g/mol. The number of rotatable bonds is 4. The molecule has 0 spiro atoms. The third-order valence-electron chi connectivity index (χ3n) is 7.04. The first-order valence-corrected chi connectivity index (χ1v) is 12.6. The average Bonchev–Trinajstić information content (AvgIpc) is 3.28. The van der Waals surface area contributed by atoms with Gasteiger partial charge in [0.05, 0.1) is 23.0 Å². The van der Waals surface area contributed by atoms with Crippen molar-refractivity contribution in [3.8, 4) is 5.69 Å². The number of ether oxygens (including phenoxy) is 1. The van der Waals surface area contributed by atoms with Crippen LogP contribution in [0.1, 0.15) is 61.4 Å². The Kier molecular flexibility index (Phi) is 6.22. The number of piperidine rings is 1. The number of carbonyl (C=O) groups excluding carboxylic acids is 2. The standard InChI is InChI=1S/C29H31FN4O3/c1-5-19-10-12-31-24(14-19)26(35)29-16-20-17-32-34(23-8-6-22(30)7-9-23)25(20)15-21(29)11-13-33(18-29)27(36)37-28(2,3)4/h6-10,12,14-15,17H,5,11,13,16,18H2,1-4H3. The number of nitrogens with zero attached hydrogens (tertiary/aromatic N) is 4. The lowest BCUT2D eigenvalue weighted by Crippen LogP contribution is -2.54. The summed E-state index contributed by atoms with van der Waals surface area (Å²) in [4.78, 5) is 33.4. The van der Waals surface area contributed by atoms with Gasteiger partial charge >= 0.3 is 6.09 Å². The second-order valence-electron chi connectivity index (χ2n) is 10.8. The van der Waals surface area contributed by atoms with E-state index in [1.54, 1.807) is 34.1 Å². The molecule has 0 bridgehead atoms. The minimum absolute atomic E-state index is 0.109. The van der Waals surface area contributed by atoms with Gasteiger partial charge in [-0.15, -0.1) is 0 Å². The molecule has 0 N–H and O–H groups in total. The summed E-state index contributed by atoms with van der Waals surface area (Å²) in [5.74, 6) is -0.424. The van der Waals surface area contributed by atoms with E-state index in [4.69, 9.17) is 4.74 Å². The fourth-order valence-corrected chi connectivity index (χ4v) is 5.18. The number of hydrogen-bond donors (Lipinski definition) is 0. The number of ketones is 1. The number of likely N-dealkylation sites (tertiary alicyclic amines) is 1. The number of benzene rings is 1. The van der Waals surface area contributed by atoms with Crippen LogP contribution >= 0.6 is 0 Å². The van der Waals surface area contributed by atoms with E-state index >= 15 is 0 Å². The quantitative estimate of drug-likeness (QED) is 0.446. The second kappa shape index (κ2) is 9.25. The van der Waals surface area contributed by atoms with Crippen molar-refractivity contribution in [3.63, 3.8) is 0 Å². The van der Waals surface area contributed by atoms with Gasteiger partial charge < -0.3 is 9.64 Å². The van der Waals surface area contributed by atoms with Crippen LogP contribution in [0.25, 0.3) is 11.8 Å². The molecule has 1 fully saturated rings. The van der Waals surface area contributed by atoms with E-state index < -0.39 is 17.1 Å². The van der Waals surface area contributed by atoms with E-state index in [9.17, 15) is 14.0 Å². The summed E-state index contributed by atoms with van der Waals surface area (Å²) in [6, 6.07) is 9.92. The van der Waals surface area contributed by atoms with Crippen molar-refractivity contribution in [1.29, 1.82) is 0 Å². The van der Waals surface area contributed by atoms with Gasteiger partial charge in [0.25, 0.3) is 0 Å². The van der Waals surface area contributed by atoms with Crippen molar-refractivity contribution in [2.75, 3.05) is 13.1 Å². The summed E-state index contributed by atoms with van der Waals surface area (Å²) >= 11 is 0. The number of pyridine rings is 1. The summed E-state index contributed by atoms with van der Waals surface area (Å²) in [5, 5.41) is 4.57. The first-order valence-electron chi connectivity index (χ1n) is 12.6. The van der Waals surface area contributed by atoms with Crippen LogP contribution in [0.3, 0.4) is 0 Å². The van der Waals surface area contributed by atoms with Gasteiger partial charge in [0.1, 0.15) is 17.1 Å². The number of hydrogen-bond acceptors (Lipinski definition) is 5. The van der Waals surface area contributed by atoms with Gasteiger partial charge in [-0.3, -0.25) is 9.78 Å². The Balaban J connectivity index is 1.58. The highest BCUT2D eigenvalue weighted by molar-refractivity contribution is 6.03. The zero-order valence-corrected chi connectivity index (χ0v) is 21.6. The lowest BCUT2D eigenvalue weighted by atomic mass is 9.65. The lowest BCUT2D eigenvalue weighted by Gasteiger charge is -2.45. The normalized spacial score (nSPS) is 19.1. The molecule has 0 radical (unpaired) electrons. The van der Waals surface area contributed by atoms with E-state index in [1.165, 1.54) is 12.1 Å². The summed E-state index contributed by atoms with van der Waals surface area (Å²) in [5.41, 5.74) is 3.24. The number of halogens is 1. The summed E-state index contributed by atoms with van der Waals surface area (Å²) in [6.07, 6.45) is 6.70. The Hall–Kier alpha value is -3.81. The molecule has 1 atom stereocenters. The summed E-state index contributed by atoms with van der Waals surface area (Å²) < 4.78 is 20.9. The molecule has 1 aromatic carbocycles. The molecule has 1 unspecified atom stereocenters. The van der Waals surface area contributed by atoms with Gasteiger partial charge in [-0.1, -0.05) is 12.5 Å². The fraction of sp³-hybridized carbons (Fsp3) is 0.379. The molecule has 8 heteroatoms. The van der Waals surface area contributed by atoms with E-state index in [-0.39, 0.29) is 18.1 Å². The van der Waals surface area contributed by atoms with E-state index in [2.05, 4.69) is 10.1 Å². The van der Waals surface area contributed by atoms with Crippen LogP contribution in [0.2, 0.25) is 0 Å². The van der Waals surface area contributed by atoms with Crippen molar-refractivity contribution in [2.45, 2.75) is 52.6 Å². The molecule has 2 aromatic heterocycles. The molecule has 37 heavy (non-hydrogen) atoms. The predicted octanol–water partition coefficient (Wildman–Crippen LogP) is 5.42. The third-order valence-corrected chi connectivity index (χ3v) is 7.04. The number of fused-ring (bicyclic) bond motifs is 2. The van der Waals surface area contributed by atoms with E-state index in [1.807, 2.05) is 45.9 Å². The SMILES string of the molecule is CCc1ccnc(C(=O)C23Cc4cnn(-c5ccc(F)cc5)c4C=C2CCN(C(=O)OC(C)(C)C)C3)c1. The molecule has 0 saturated carbocycles. The van der Waals surface area contributed by atoms with Crippen molar-refractivity contribution in [3.05, 3.63) is 82.7 Å². The van der Waals surface area contributed by atoms with Gasteiger partial charge in [0, 0.05) is 19.3 Å². The summed E-state index contributed by atoms with van der Waals surface area (Å²) in [7, 11) is 0. The van der Waals surface area contributed by atoms with Crippen LogP contribution in [-0.4, -0.2) is 50.2 Å². The average molecular weight is 503 g/mol. The van der Waals surface area contributed by atoms with Gasteiger partial charge in [-0.2, -0.15) is 5.10 Å². The van der Waals surface area contributed by atoms with Crippen LogP contribution in [0, 0.1) is 11.2 Å². The zero-order chi connectivity index (χ0) is 26.4. The first kappa shape index (κ1) is 24.9. The first-order chi connectivity index (χ1) is 17.6. The monoisotopic (exact) mass is 502 g/mol. The number of Topliss-reactive ketones (excluding diaryl/α,β-unsaturated/α-hetero) is 1. The van der Waals surface area contributed by atoms with Crippen molar-refractivity contribution in [1.82, 2.24) is 19.7 Å². The van der Waals surface area contributed by atoms with Crippen LogP contribution in [-0.2, 0) is 17.6 Å². The molecule has 3 aromatic rings. The molecule has 5 rings (SSSR count). The fourth-order valence-electron chi connectivity index (χ4n) is 5.18. The minimum Gasteiger partial charge on any atom is -0.444 e. The maximum atomic E-state index is 14.3. The maximum Gasteiger partial charge on any atom is 0.410 e. The molecule has 1 aliphatic carbocycles. The highest BCUT2D eigenvalue weighted by Crippen LogP contribution is 2.46. The third kappa shape index (κ3) is 4.68. The van der Waals surface area contributed by atoms with E-state index in [0.717, 1.165) is 34.5 Å². The Morgan fingerprint density at radius 3 is 2.62 bits per heavy atom. The van der Waals surface area contributed by atoms with Crippen LogP contribution in [0.5, 0.6) is 0 Å². The van der Waals surface area contributed by atoms with Crippen LogP contribution < -0.4 is 0 Å². The number of amides is 1. The molecular formula is C29H31FN4O3. The van der Waals surface area contributed by atoms with Crippen molar-refractivity contribution in [2.24, 2.45) is 5.41 Å². The molecule has 2 aliphatic rings. The molecule has 1 saturated heterocycles. The van der Waals surface area contributed by atoms with Gasteiger partial charge in [-0.05, 0) is 93.6 Å². The molecule has 3 heterocycles. The molecule has 1 aliphatic heterocycles. The maximum absolute atomic E-state index is 14.3. The summed E-state index contributed by atoms with van der Waals surface area (Å²) in [6.45, 7) is 8.17. The number of aromatic nitrogens is 3. The second-order valence-corrected chi connectivity index (χ2v) is 10.8. The van der Waals surface area contributed by atoms with E-state index in [0.29, 0.717) is 25.1 Å². The number of aryl methyl sites for hydroxylation is 1. The highest BCUT2D eigenvalue weighted by Gasteiger charge is 2.50. The van der Waals surface area contributed by atoms with Gasteiger partial charge in [0.2, 0.25) is 0 Å². The van der Waals surface area contributed by atoms with Crippen molar-refractivity contribution < 1.29 is 18.7 Å². The van der Waals surface area contributed by atoms with Gasteiger partial charge in [0.15, 0.2) is 5.78 Å². The topological polar surface area (TPSA) is 77.3 Å². The Labute approximate surface area is 216 Å². The Morgan fingerprint density at radius 1 is 1.16 bits per heavy atom. The van der Waals surface area contributed by atoms with Crippen LogP contribution in [0.15, 0.2) is 54.4 Å². The Morgan fingerprint density at radius 2 is 1.92 bits per heavy atom. The zero-order valence-electron chi connectivity index (χ0n) is 21.6. The minimum atomic E-state index is -0.974. The van der Waals surface area contributed by atoms with Crippen LogP contribution in [0.4, 0.5) is 9.18 Å².